The van der Waals surface area contributed by atoms with Gasteiger partial charge in [0.05, 0.1) is 12.2 Å². The van der Waals surface area contributed by atoms with Gasteiger partial charge in [-0.1, -0.05) is 0 Å². The summed E-state index contributed by atoms with van der Waals surface area (Å²) in [4.78, 5) is 23.1. The van der Waals surface area contributed by atoms with E-state index in [4.69, 9.17) is 4.74 Å². The first-order valence-corrected chi connectivity index (χ1v) is 11.2. The predicted molar refractivity (Wildman–Crippen MR) is 115 cm³/mol. The number of aromatic nitrogens is 4. The van der Waals surface area contributed by atoms with E-state index in [0.29, 0.717) is 23.6 Å². The minimum atomic E-state index is -0.874. The van der Waals surface area contributed by atoms with Gasteiger partial charge < -0.3 is 20.1 Å². The summed E-state index contributed by atoms with van der Waals surface area (Å²) in [7, 11) is 1.89. The number of hydrogen-bond donors (Lipinski definition) is 3. The summed E-state index contributed by atoms with van der Waals surface area (Å²) in [6, 6.07) is 1.85. The van der Waals surface area contributed by atoms with Crippen LogP contribution in [-0.4, -0.2) is 56.5 Å². The molecule has 9 nitrogen and oxygen atoms in total. The average molecular weight is 445 g/mol. The normalized spacial score (nSPS) is 30.4. The number of carbonyl (C=O) groups is 1. The SMILES string of the molecule is CCOC(=O)c1nc(N(C)C2C3CC4CC2CC(O)(C4)C3)nc(Nc2cc(C)[nH]n2)c1F. The molecule has 10 heteroatoms. The van der Waals surface area contributed by atoms with Crippen molar-refractivity contribution in [3.8, 4) is 0 Å². The van der Waals surface area contributed by atoms with Crippen molar-refractivity contribution in [3.63, 3.8) is 0 Å². The third-order valence-electron chi connectivity index (χ3n) is 7.21. The van der Waals surface area contributed by atoms with Crippen LogP contribution in [0.25, 0.3) is 0 Å². The fourth-order valence-electron chi connectivity index (χ4n) is 6.33. The molecule has 2 atom stereocenters. The van der Waals surface area contributed by atoms with Gasteiger partial charge in [0.15, 0.2) is 23.1 Å². The van der Waals surface area contributed by atoms with Gasteiger partial charge in [-0.05, 0) is 63.7 Å². The Morgan fingerprint density at radius 3 is 2.66 bits per heavy atom. The van der Waals surface area contributed by atoms with Gasteiger partial charge >= 0.3 is 5.97 Å². The molecule has 0 spiro atoms. The fraction of sp³-hybridized carbons (Fsp3) is 0.636. The Labute approximate surface area is 185 Å². The number of nitrogens with one attached hydrogen (secondary N) is 2. The van der Waals surface area contributed by atoms with E-state index in [-0.39, 0.29) is 24.4 Å². The lowest BCUT2D eigenvalue weighted by molar-refractivity contribution is -0.133. The van der Waals surface area contributed by atoms with Gasteiger partial charge in [-0.2, -0.15) is 10.1 Å². The average Bonchev–Trinajstić information content (AvgIpc) is 3.12. The molecular weight excluding hydrogens is 415 g/mol. The van der Waals surface area contributed by atoms with Crippen LogP contribution in [0, 0.1) is 30.5 Å². The molecule has 0 aliphatic heterocycles. The molecule has 2 aromatic heterocycles. The van der Waals surface area contributed by atoms with Crippen LogP contribution in [0.15, 0.2) is 6.07 Å². The molecular formula is C22H29FN6O3. The van der Waals surface area contributed by atoms with Gasteiger partial charge in [0.1, 0.15) is 0 Å². The number of halogens is 1. The minimum absolute atomic E-state index is 0.113. The van der Waals surface area contributed by atoms with Gasteiger partial charge in [-0.3, -0.25) is 5.10 Å². The van der Waals surface area contributed by atoms with Crippen LogP contribution >= 0.6 is 0 Å². The number of hydrogen-bond acceptors (Lipinski definition) is 8. The van der Waals surface area contributed by atoms with Gasteiger partial charge in [0.25, 0.3) is 0 Å². The minimum Gasteiger partial charge on any atom is -0.461 e. The summed E-state index contributed by atoms with van der Waals surface area (Å²) in [6.07, 6.45) is 4.56. The van der Waals surface area contributed by atoms with Crippen LogP contribution in [0.2, 0.25) is 0 Å². The predicted octanol–water partition coefficient (Wildman–Crippen LogP) is 2.94. The van der Waals surface area contributed by atoms with E-state index >= 15 is 4.39 Å². The molecule has 4 fully saturated rings. The zero-order valence-corrected chi connectivity index (χ0v) is 18.6. The lowest BCUT2D eigenvalue weighted by Gasteiger charge is -2.59. The summed E-state index contributed by atoms with van der Waals surface area (Å²) in [5.74, 6) is 0.0189. The number of aryl methyl sites for hydroxylation is 1. The number of nitrogens with zero attached hydrogens (tertiary/aromatic N) is 4. The molecule has 2 heterocycles. The van der Waals surface area contributed by atoms with Gasteiger partial charge in [0, 0.05) is 24.8 Å². The molecule has 2 aromatic rings. The lowest BCUT2D eigenvalue weighted by Crippen LogP contribution is -2.61. The zero-order chi connectivity index (χ0) is 22.6. The molecule has 0 radical (unpaired) electrons. The first kappa shape index (κ1) is 21.1. The number of ether oxygens (including phenoxy) is 1. The maximum Gasteiger partial charge on any atom is 0.360 e. The molecule has 4 bridgehead atoms. The molecule has 2 unspecified atom stereocenters. The number of aromatic amines is 1. The Bertz CT molecular complexity index is 1030. The molecule has 4 aliphatic rings. The zero-order valence-electron chi connectivity index (χ0n) is 18.6. The summed E-state index contributed by atoms with van der Waals surface area (Å²) < 4.78 is 20.2. The topological polar surface area (TPSA) is 116 Å². The summed E-state index contributed by atoms with van der Waals surface area (Å²) in [6.45, 7) is 3.61. The van der Waals surface area contributed by atoms with Crippen molar-refractivity contribution in [2.45, 2.75) is 57.6 Å². The highest BCUT2D eigenvalue weighted by Crippen LogP contribution is 2.57. The molecule has 32 heavy (non-hydrogen) atoms. The molecule has 0 aromatic carbocycles. The molecule has 6 rings (SSSR count). The van der Waals surface area contributed by atoms with E-state index in [2.05, 4.69) is 25.5 Å². The largest absolute Gasteiger partial charge is 0.461 e. The maximum atomic E-state index is 15.2. The second-order valence-corrected chi connectivity index (χ2v) is 9.61. The van der Waals surface area contributed by atoms with E-state index < -0.39 is 23.1 Å². The first-order valence-electron chi connectivity index (χ1n) is 11.2. The van der Waals surface area contributed by atoms with Crippen molar-refractivity contribution in [2.75, 3.05) is 23.9 Å². The quantitative estimate of drug-likeness (QED) is 0.583. The van der Waals surface area contributed by atoms with Crippen molar-refractivity contribution in [2.24, 2.45) is 17.8 Å². The molecule has 0 amide bonds. The second kappa shape index (κ2) is 7.68. The number of carbonyl (C=O) groups excluding carboxylic acids is 1. The van der Waals surface area contributed by atoms with Gasteiger partial charge in [0.2, 0.25) is 5.95 Å². The highest BCUT2D eigenvalue weighted by Gasteiger charge is 2.56. The standard InChI is InChI=1S/C22H29FN6O3/c1-4-32-20(30)17-16(23)19(24-15-5-11(2)27-28-15)26-21(25-17)29(3)18-13-6-12-7-14(18)10-22(31,8-12)9-13/h5,12-14,18,31H,4,6-10H2,1-3H3,(H2,24,25,26,27,28). The van der Waals surface area contributed by atoms with Crippen LogP contribution in [0.5, 0.6) is 0 Å². The molecule has 4 aliphatic carbocycles. The number of esters is 1. The van der Waals surface area contributed by atoms with Crippen LogP contribution < -0.4 is 10.2 Å². The Balaban J connectivity index is 1.50. The first-order chi connectivity index (χ1) is 15.3. The monoisotopic (exact) mass is 444 g/mol. The smallest absolute Gasteiger partial charge is 0.360 e. The van der Waals surface area contributed by atoms with Crippen molar-refractivity contribution >= 4 is 23.6 Å². The highest BCUT2D eigenvalue weighted by atomic mass is 19.1. The number of H-pyrrole nitrogens is 1. The maximum absolute atomic E-state index is 15.2. The van der Waals surface area contributed by atoms with Crippen molar-refractivity contribution in [1.29, 1.82) is 0 Å². The van der Waals surface area contributed by atoms with Crippen molar-refractivity contribution < 1.29 is 19.0 Å². The van der Waals surface area contributed by atoms with Crippen molar-refractivity contribution in [3.05, 3.63) is 23.3 Å². The van der Waals surface area contributed by atoms with E-state index in [1.807, 2.05) is 18.9 Å². The molecule has 0 saturated heterocycles. The molecule has 3 N–H and O–H groups in total. The summed E-state index contributed by atoms with van der Waals surface area (Å²) in [5, 5.41) is 20.6. The second-order valence-electron chi connectivity index (χ2n) is 9.61. The van der Waals surface area contributed by atoms with Crippen LogP contribution in [0.4, 0.5) is 22.0 Å². The summed E-state index contributed by atoms with van der Waals surface area (Å²) in [5.41, 5.74) is -0.157. The molecule has 172 valence electrons. The van der Waals surface area contributed by atoms with Gasteiger partial charge in [-0.25, -0.2) is 14.2 Å². The third kappa shape index (κ3) is 3.60. The van der Waals surface area contributed by atoms with E-state index in [0.717, 1.165) is 37.8 Å². The Hall–Kier alpha value is -2.75. The van der Waals surface area contributed by atoms with E-state index in [1.165, 1.54) is 0 Å². The third-order valence-corrected chi connectivity index (χ3v) is 7.21. The van der Waals surface area contributed by atoms with Crippen molar-refractivity contribution in [1.82, 2.24) is 20.2 Å². The summed E-state index contributed by atoms with van der Waals surface area (Å²) >= 11 is 0. The van der Waals surface area contributed by atoms with E-state index in [9.17, 15) is 9.90 Å². The Morgan fingerprint density at radius 1 is 1.34 bits per heavy atom. The van der Waals surface area contributed by atoms with Crippen LogP contribution in [0.3, 0.4) is 0 Å². The van der Waals surface area contributed by atoms with Crippen LogP contribution in [-0.2, 0) is 4.74 Å². The fourth-order valence-corrected chi connectivity index (χ4v) is 6.33. The number of rotatable bonds is 6. The van der Waals surface area contributed by atoms with Gasteiger partial charge in [-0.15, -0.1) is 0 Å². The Morgan fingerprint density at radius 2 is 2.06 bits per heavy atom. The lowest BCUT2D eigenvalue weighted by atomic mass is 9.52. The number of anilines is 3. The molecule has 4 saturated carbocycles. The highest BCUT2D eigenvalue weighted by molar-refractivity contribution is 5.89. The van der Waals surface area contributed by atoms with Crippen LogP contribution in [0.1, 0.15) is 55.2 Å². The number of aliphatic hydroxyl groups is 1. The van der Waals surface area contributed by atoms with E-state index in [1.54, 1.807) is 13.0 Å². The Kier molecular flexibility index (Phi) is 5.07.